The topological polar surface area (TPSA) is 77.2 Å². The van der Waals surface area contributed by atoms with Gasteiger partial charge in [0.25, 0.3) is 5.88 Å². The summed E-state index contributed by atoms with van der Waals surface area (Å²) >= 11 is 0. The van der Waals surface area contributed by atoms with Crippen LogP contribution >= 0.6 is 0 Å². The molecule has 1 aliphatic heterocycles. The van der Waals surface area contributed by atoms with E-state index in [1.54, 1.807) is 24.9 Å². The first-order chi connectivity index (χ1) is 15.0. The number of ether oxygens (including phenoxy) is 1. The van der Waals surface area contributed by atoms with Crippen molar-refractivity contribution in [2.75, 3.05) is 25.9 Å². The zero-order chi connectivity index (χ0) is 22.0. The molecule has 0 fully saturated rings. The van der Waals surface area contributed by atoms with Gasteiger partial charge in [-0.3, -0.25) is 0 Å². The first-order valence-electron chi connectivity index (χ1n) is 10.7. The third-order valence-electron chi connectivity index (χ3n) is 6.25. The molecule has 0 saturated carbocycles. The molecule has 2 aromatic heterocycles. The molecule has 31 heavy (non-hydrogen) atoms. The van der Waals surface area contributed by atoms with Crippen LogP contribution in [0.3, 0.4) is 0 Å². The van der Waals surface area contributed by atoms with Gasteiger partial charge < -0.3 is 15.4 Å². The number of nitrogens with zero attached hydrogens (tertiary/aromatic N) is 4. The maximum Gasteiger partial charge on any atom is 0.258 e. The lowest BCUT2D eigenvalue weighted by atomic mass is 9.73. The Balaban J connectivity index is 1.59. The van der Waals surface area contributed by atoms with Gasteiger partial charge in [0.05, 0.1) is 11.9 Å². The molecule has 0 bridgehead atoms. The van der Waals surface area contributed by atoms with E-state index < -0.39 is 0 Å². The number of hydrogen-bond donors (Lipinski definition) is 1. The van der Waals surface area contributed by atoms with Crippen LogP contribution in [0, 0.1) is 23.7 Å². The molecule has 160 valence electrons. The van der Waals surface area contributed by atoms with Crippen molar-refractivity contribution in [3.8, 4) is 17.7 Å². The molecule has 2 unspecified atom stereocenters. The van der Waals surface area contributed by atoms with E-state index in [0.717, 1.165) is 30.8 Å². The van der Waals surface area contributed by atoms with Crippen LogP contribution in [-0.2, 0) is 6.61 Å². The van der Waals surface area contributed by atoms with Gasteiger partial charge in [0.15, 0.2) is 5.82 Å². The molecule has 0 spiro atoms. The number of aromatic nitrogens is 3. The second-order valence-electron chi connectivity index (χ2n) is 8.37. The van der Waals surface area contributed by atoms with E-state index in [1.165, 1.54) is 11.1 Å². The largest absolute Gasteiger partial charge is 0.470 e. The summed E-state index contributed by atoms with van der Waals surface area (Å²) in [5, 5.41) is 0. The van der Waals surface area contributed by atoms with Crippen LogP contribution in [-0.4, -0.2) is 40.0 Å². The number of likely N-dealkylation sites (N-methyl/N-ethyl adjacent to an activating group) is 1. The van der Waals surface area contributed by atoms with Crippen molar-refractivity contribution in [3.63, 3.8) is 0 Å². The predicted octanol–water partition coefficient (Wildman–Crippen LogP) is 3.71. The van der Waals surface area contributed by atoms with Crippen molar-refractivity contribution < 1.29 is 4.74 Å². The van der Waals surface area contributed by atoms with E-state index >= 15 is 0 Å². The van der Waals surface area contributed by atoms with Crippen LogP contribution < -0.4 is 10.5 Å². The molecule has 2 aliphatic rings. The summed E-state index contributed by atoms with van der Waals surface area (Å²) in [4.78, 5) is 15.7. The first-order valence-corrected chi connectivity index (χ1v) is 10.7. The maximum absolute atomic E-state index is 6.08. The smallest absolute Gasteiger partial charge is 0.258 e. The number of hydrogen-bond acceptors (Lipinski definition) is 6. The molecule has 1 aliphatic carbocycles. The summed E-state index contributed by atoms with van der Waals surface area (Å²) in [6, 6.07) is 3.81. The highest BCUT2D eigenvalue weighted by atomic mass is 16.5. The number of nitrogen functional groups attached to an aromatic ring is 1. The zero-order valence-electron chi connectivity index (χ0n) is 18.6. The van der Waals surface area contributed by atoms with E-state index in [9.17, 15) is 0 Å². The Labute approximate surface area is 184 Å². The highest BCUT2D eigenvalue weighted by molar-refractivity contribution is 5.71. The Morgan fingerprint density at radius 3 is 2.90 bits per heavy atom. The third-order valence-corrected chi connectivity index (χ3v) is 6.25. The van der Waals surface area contributed by atoms with Gasteiger partial charge in [0.2, 0.25) is 0 Å². The van der Waals surface area contributed by atoms with Gasteiger partial charge in [-0.15, -0.1) is 0 Å². The second-order valence-corrected chi connectivity index (χ2v) is 8.37. The lowest BCUT2D eigenvalue weighted by molar-refractivity contribution is 0.294. The number of anilines is 1. The van der Waals surface area contributed by atoms with Gasteiger partial charge in [-0.1, -0.05) is 31.4 Å². The molecule has 2 N–H and O–H groups in total. The molecule has 2 aromatic rings. The summed E-state index contributed by atoms with van der Waals surface area (Å²) in [5.41, 5.74) is 12.8. The monoisotopic (exact) mass is 415 g/mol. The van der Waals surface area contributed by atoms with Gasteiger partial charge >= 0.3 is 0 Å². The van der Waals surface area contributed by atoms with E-state index in [4.69, 9.17) is 15.5 Å². The summed E-state index contributed by atoms with van der Waals surface area (Å²) < 4.78 is 5.95. The molecule has 4 rings (SSSR count). The van der Waals surface area contributed by atoms with Crippen LogP contribution in [0.25, 0.3) is 5.57 Å². The lowest BCUT2D eigenvalue weighted by Gasteiger charge is -2.37. The SMILES string of the molecule is CC#Cc1cc(COc2nc(C3=CC4=C(CCN(C)C4)C(C)C3C)cnc2N)ccn1. The van der Waals surface area contributed by atoms with E-state index in [0.29, 0.717) is 35.8 Å². The Bertz CT molecular complexity index is 1110. The minimum Gasteiger partial charge on any atom is -0.470 e. The third kappa shape index (κ3) is 4.47. The quantitative estimate of drug-likeness (QED) is 0.767. The number of rotatable bonds is 4. The predicted molar refractivity (Wildman–Crippen MR) is 123 cm³/mol. The molecule has 0 radical (unpaired) electrons. The average Bonchev–Trinajstić information content (AvgIpc) is 2.76. The van der Waals surface area contributed by atoms with Crippen molar-refractivity contribution >= 4 is 11.4 Å². The number of allylic oxidation sites excluding steroid dienone is 1. The standard InChI is InChI=1S/C25H29N5O/c1-5-6-20-11-18(7-9-27-20)15-31-25-24(26)28-13-23(29-25)22-12-19-14-30(4)10-8-21(19)16(2)17(22)3/h7,9,11-13,16-17H,8,10,14-15H2,1-4H3,(H2,26,28). The molecular weight excluding hydrogens is 386 g/mol. The molecule has 3 heterocycles. The van der Waals surface area contributed by atoms with Crippen LogP contribution in [0.15, 0.2) is 41.7 Å². The normalized spacial score (nSPS) is 21.1. The van der Waals surface area contributed by atoms with Crippen molar-refractivity contribution in [2.45, 2.75) is 33.8 Å². The molecule has 6 heteroatoms. The zero-order valence-corrected chi connectivity index (χ0v) is 18.6. The molecule has 0 aromatic carbocycles. The van der Waals surface area contributed by atoms with Crippen LogP contribution in [0.2, 0.25) is 0 Å². The molecule has 2 atom stereocenters. The van der Waals surface area contributed by atoms with Gasteiger partial charge in [-0.25, -0.2) is 15.0 Å². The summed E-state index contributed by atoms with van der Waals surface area (Å²) in [6.45, 7) is 8.81. The Kier molecular flexibility index (Phi) is 6.06. The van der Waals surface area contributed by atoms with Crippen molar-refractivity contribution in [1.29, 1.82) is 0 Å². The van der Waals surface area contributed by atoms with Crippen LogP contribution in [0.4, 0.5) is 5.82 Å². The van der Waals surface area contributed by atoms with Crippen molar-refractivity contribution in [3.05, 3.63) is 58.7 Å². The minimum atomic E-state index is 0.292. The van der Waals surface area contributed by atoms with Crippen molar-refractivity contribution in [2.24, 2.45) is 11.8 Å². The maximum atomic E-state index is 6.08. The Morgan fingerprint density at radius 1 is 1.26 bits per heavy atom. The highest BCUT2D eigenvalue weighted by Crippen LogP contribution is 2.42. The van der Waals surface area contributed by atoms with Gasteiger partial charge in [-0.05, 0) is 67.0 Å². The average molecular weight is 416 g/mol. The molecule has 0 saturated heterocycles. The van der Waals surface area contributed by atoms with Crippen LogP contribution in [0.1, 0.15) is 44.1 Å². The van der Waals surface area contributed by atoms with Gasteiger partial charge in [-0.2, -0.15) is 0 Å². The molecule has 0 amide bonds. The molecule has 6 nitrogen and oxygen atoms in total. The fourth-order valence-electron chi connectivity index (χ4n) is 4.34. The van der Waals surface area contributed by atoms with Gasteiger partial charge in [0.1, 0.15) is 12.3 Å². The fourth-order valence-corrected chi connectivity index (χ4v) is 4.34. The Morgan fingerprint density at radius 2 is 2.10 bits per heavy atom. The summed E-state index contributed by atoms with van der Waals surface area (Å²) in [7, 11) is 2.17. The van der Waals surface area contributed by atoms with Crippen molar-refractivity contribution in [1.82, 2.24) is 19.9 Å². The fraction of sp³-hybridized carbons (Fsp3) is 0.400. The highest BCUT2D eigenvalue weighted by Gasteiger charge is 2.31. The van der Waals surface area contributed by atoms with E-state index in [-0.39, 0.29) is 0 Å². The summed E-state index contributed by atoms with van der Waals surface area (Å²) in [5.74, 6) is 7.32. The molecular formula is C25H29N5O. The van der Waals surface area contributed by atoms with E-state index in [1.807, 2.05) is 12.1 Å². The number of nitrogens with two attached hydrogens (primary N) is 1. The Hall–Kier alpha value is -3.17. The first kappa shape index (κ1) is 21.1. The van der Waals surface area contributed by atoms with Gasteiger partial charge in [0, 0.05) is 19.3 Å². The summed E-state index contributed by atoms with van der Waals surface area (Å²) in [6.07, 6.45) is 6.93. The minimum absolute atomic E-state index is 0.292. The lowest BCUT2D eigenvalue weighted by Crippen LogP contribution is -2.32. The van der Waals surface area contributed by atoms with Crippen LogP contribution in [0.5, 0.6) is 5.88 Å². The number of pyridine rings is 1. The van der Waals surface area contributed by atoms with E-state index in [2.05, 4.69) is 53.7 Å². The second kappa shape index (κ2) is 8.91.